The third kappa shape index (κ3) is 6.31. The van der Waals surface area contributed by atoms with E-state index in [0.29, 0.717) is 6.54 Å². The van der Waals surface area contributed by atoms with E-state index in [1.165, 1.54) is 6.42 Å². The number of hydrogen-bond acceptors (Lipinski definition) is 5. The van der Waals surface area contributed by atoms with E-state index in [9.17, 15) is 14.9 Å². The molecule has 0 spiro atoms. The Morgan fingerprint density at radius 3 is 2.81 bits per heavy atom. The number of thioether (sulfide) groups is 1. The molecule has 0 aromatic carbocycles. The molecular formula is C13H18ClN3O3S. The topological polar surface area (TPSA) is 85.1 Å². The van der Waals surface area contributed by atoms with Crippen molar-refractivity contribution in [2.45, 2.75) is 25.7 Å². The van der Waals surface area contributed by atoms with Crippen LogP contribution in [0.2, 0.25) is 5.15 Å². The van der Waals surface area contributed by atoms with E-state index in [2.05, 4.69) is 16.6 Å². The van der Waals surface area contributed by atoms with Gasteiger partial charge in [0.25, 0.3) is 11.6 Å². The largest absolute Gasteiger partial charge is 0.352 e. The van der Waals surface area contributed by atoms with E-state index in [-0.39, 0.29) is 16.4 Å². The first-order valence-corrected chi connectivity index (χ1v) is 8.40. The average molecular weight is 332 g/mol. The van der Waals surface area contributed by atoms with E-state index in [4.69, 9.17) is 11.6 Å². The van der Waals surface area contributed by atoms with Crippen molar-refractivity contribution in [3.8, 4) is 0 Å². The second kappa shape index (κ2) is 9.57. The molecule has 1 aromatic rings. The standard InChI is InChI=1S/C13H18ClN3O3S/c1-21-7-5-3-2-4-6-15-13(18)11-8-10(17(19)20)9-16-12(11)14/h8-9H,2-7H2,1H3,(H,15,18). The maximum absolute atomic E-state index is 11.9. The predicted molar refractivity (Wildman–Crippen MR) is 85.1 cm³/mol. The molecule has 6 nitrogen and oxygen atoms in total. The summed E-state index contributed by atoms with van der Waals surface area (Å²) < 4.78 is 0. The number of nitrogens with one attached hydrogen (secondary N) is 1. The molecule has 1 heterocycles. The second-order valence-corrected chi connectivity index (χ2v) is 5.80. The molecule has 0 saturated heterocycles. The number of unbranched alkanes of at least 4 members (excludes halogenated alkanes) is 3. The fourth-order valence-electron chi connectivity index (χ4n) is 1.72. The lowest BCUT2D eigenvalue weighted by atomic mass is 10.2. The van der Waals surface area contributed by atoms with Crippen LogP contribution in [0.3, 0.4) is 0 Å². The first-order valence-electron chi connectivity index (χ1n) is 6.63. The minimum atomic E-state index is -0.605. The molecule has 21 heavy (non-hydrogen) atoms. The Hall–Kier alpha value is -1.34. The molecule has 0 saturated carbocycles. The monoisotopic (exact) mass is 331 g/mol. The van der Waals surface area contributed by atoms with Gasteiger partial charge in [-0.25, -0.2) is 4.98 Å². The average Bonchev–Trinajstić information content (AvgIpc) is 2.46. The maximum Gasteiger partial charge on any atom is 0.288 e. The third-order valence-corrected chi connectivity index (χ3v) is 3.84. The van der Waals surface area contributed by atoms with Gasteiger partial charge in [-0.15, -0.1) is 0 Å². The summed E-state index contributed by atoms with van der Waals surface area (Å²) in [6.07, 6.45) is 7.34. The summed E-state index contributed by atoms with van der Waals surface area (Å²) in [4.78, 5) is 25.6. The van der Waals surface area contributed by atoms with Crippen molar-refractivity contribution < 1.29 is 9.72 Å². The molecule has 8 heteroatoms. The molecule has 0 fully saturated rings. The molecule has 0 atom stereocenters. The molecule has 0 aliphatic rings. The highest BCUT2D eigenvalue weighted by Gasteiger charge is 2.16. The highest BCUT2D eigenvalue weighted by molar-refractivity contribution is 7.98. The highest BCUT2D eigenvalue weighted by atomic mass is 35.5. The van der Waals surface area contributed by atoms with E-state index >= 15 is 0 Å². The Balaban J connectivity index is 2.41. The summed E-state index contributed by atoms with van der Waals surface area (Å²) in [6, 6.07) is 1.14. The Kier molecular flexibility index (Phi) is 8.07. The normalized spacial score (nSPS) is 10.4. The predicted octanol–water partition coefficient (Wildman–Crippen LogP) is 3.30. The van der Waals surface area contributed by atoms with Crippen LogP contribution in [0, 0.1) is 10.1 Å². The molecule has 1 amide bonds. The van der Waals surface area contributed by atoms with Crippen molar-refractivity contribution in [1.29, 1.82) is 0 Å². The molecule has 0 aliphatic heterocycles. The second-order valence-electron chi connectivity index (χ2n) is 4.45. The van der Waals surface area contributed by atoms with E-state index < -0.39 is 10.8 Å². The minimum Gasteiger partial charge on any atom is -0.352 e. The molecule has 1 rings (SSSR count). The van der Waals surface area contributed by atoms with E-state index in [1.807, 2.05) is 11.8 Å². The van der Waals surface area contributed by atoms with Crippen LogP contribution in [0.4, 0.5) is 5.69 Å². The van der Waals surface area contributed by atoms with Crippen LogP contribution in [0.15, 0.2) is 12.3 Å². The van der Waals surface area contributed by atoms with Crippen LogP contribution in [0.1, 0.15) is 36.0 Å². The van der Waals surface area contributed by atoms with Crippen LogP contribution in [0.5, 0.6) is 0 Å². The summed E-state index contributed by atoms with van der Waals surface area (Å²) in [5, 5.41) is 13.3. The number of carbonyl (C=O) groups excluding carboxylic acids is 1. The number of amides is 1. The van der Waals surface area contributed by atoms with Crippen molar-refractivity contribution in [1.82, 2.24) is 10.3 Å². The molecule has 1 N–H and O–H groups in total. The fourth-order valence-corrected chi connectivity index (χ4v) is 2.40. The lowest BCUT2D eigenvalue weighted by Gasteiger charge is -2.06. The lowest BCUT2D eigenvalue weighted by molar-refractivity contribution is -0.385. The zero-order valence-corrected chi connectivity index (χ0v) is 13.4. The van der Waals surface area contributed by atoms with Gasteiger partial charge in [0, 0.05) is 12.6 Å². The Morgan fingerprint density at radius 2 is 2.14 bits per heavy atom. The van der Waals surface area contributed by atoms with Gasteiger partial charge >= 0.3 is 0 Å². The minimum absolute atomic E-state index is 0.0296. The zero-order chi connectivity index (χ0) is 15.7. The number of aromatic nitrogens is 1. The molecule has 0 unspecified atom stereocenters. The number of nitro groups is 1. The maximum atomic E-state index is 11.9. The Labute approximate surface area is 132 Å². The molecule has 0 aliphatic carbocycles. The lowest BCUT2D eigenvalue weighted by Crippen LogP contribution is -2.25. The van der Waals surface area contributed by atoms with E-state index in [1.54, 1.807) is 0 Å². The highest BCUT2D eigenvalue weighted by Crippen LogP contribution is 2.18. The number of pyridine rings is 1. The van der Waals surface area contributed by atoms with Crippen LogP contribution in [-0.2, 0) is 0 Å². The zero-order valence-electron chi connectivity index (χ0n) is 11.8. The quantitative estimate of drug-likeness (QED) is 0.325. The molecular weight excluding hydrogens is 314 g/mol. The molecule has 0 radical (unpaired) electrons. The van der Waals surface area contributed by atoms with Crippen LogP contribution in [-0.4, -0.2) is 34.4 Å². The van der Waals surface area contributed by atoms with E-state index in [0.717, 1.165) is 37.3 Å². The van der Waals surface area contributed by atoms with Crippen molar-refractivity contribution in [3.63, 3.8) is 0 Å². The van der Waals surface area contributed by atoms with Crippen LogP contribution in [0.25, 0.3) is 0 Å². The molecule has 0 bridgehead atoms. The van der Waals surface area contributed by atoms with Gasteiger partial charge in [0.15, 0.2) is 0 Å². The summed E-state index contributed by atoms with van der Waals surface area (Å²) in [7, 11) is 0. The number of nitrogens with zero attached hydrogens (tertiary/aromatic N) is 2. The Bertz CT molecular complexity index is 500. The van der Waals surface area contributed by atoms with Crippen molar-refractivity contribution in [2.24, 2.45) is 0 Å². The molecule has 116 valence electrons. The number of halogens is 1. The summed E-state index contributed by atoms with van der Waals surface area (Å²) >= 11 is 7.62. The SMILES string of the molecule is CSCCCCCCNC(=O)c1cc([N+](=O)[O-])cnc1Cl. The number of carbonyl (C=O) groups is 1. The van der Waals surface area contributed by atoms with Gasteiger partial charge in [-0.05, 0) is 24.9 Å². The third-order valence-electron chi connectivity index (χ3n) is 2.84. The van der Waals surface area contributed by atoms with Crippen molar-refractivity contribution in [3.05, 3.63) is 33.1 Å². The first kappa shape index (κ1) is 17.7. The van der Waals surface area contributed by atoms with Gasteiger partial charge in [0.05, 0.1) is 10.5 Å². The Morgan fingerprint density at radius 1 is 1.43 bits per heavy atom. The van der Waals surface area contributed by atoms with Gasteiger partial charge in [-0.2, -0.15) is 11.8 Å². The van der Waals surface area contributed by atoms with Gasteiger partial charge in [-0.3, -0.25) is 14.9 Å². The first-order chi connectivity index (χ1) is 10.1. The van der Waals surface area contributed by atoms with Gasteiger partial charge in [0.2, 0.25) is 0 Å². The summed E-state index contributed by atoms with van der Waals surface area (Å²) in [5.41, 5.74) is -0.213. The van der Waals surface area contributed by atoms with Crippen LogP contribution < -0.4 is 5.32 Å². The molecule has 1 aromatic heterocycles. The number of hydrogen-bond donors (Lipinski definition) is 1. The van der Waals surface area contributed by atoms with Crippen LogP contribution >= 0.6 is 23.4 Å². The van der Waals surface area contributed by atoms with Crippen molar-refractivity contribution in [2.75, 3.05) is 18.6 Å². The summed E-state index contributed by atoms with van der Waals surface area (Å²) in [5.74, 6) is 0.724. The fraction of sp³-hybridized carbons (Fsp3) is 0.538. The number of rotatable bonds is 9. The van der Waals surface area contributed by atoms with Gasteiger partial charge in [0.1, 0.15) is 11.3 Å². The van der Waals surface area contributed by atoms with Gasteiger partial charge in [-0.1, -0.05) is 24.4 Å². The van der Waals surface area contributed by atoms with Crippen molar-refractivity contribution >= 4 is 35.0 Å². The summed E-state index contributed by atoms with van der Waals surface area (Å²) in [6.45, 7) is 0.525. The van der Waals surface area contributed by atoms with Gasteiger partial charge < -0.3 is 5.32 Å². The smallest absolute Gasteiger partial charge is 0.288 e.